The van der Waals surface area contributed by atoms with Crippen molar-refractivity contribution in [1.29, 1.82) is 0 Å². The summed E-state index contributed by atoms with van der Waals surface area (Å²) in [7, 11) is -5.50. The molecule has 0 spiro atoms. The second kappa shape index (κ2) is 5.43. The lowest BCUT2D eigenvalue weighted by Crippen LogP contribution is -2.41. The first-order chi connectivity index (χ1) is 7.76. The highest BCUT2D eigenvalue weighted by atomic mass is 32.2. The quantitative estimate of drug-likeness (QED) is 0.805. The SMILES string of the molecule is CC(C)(C)CC(CNS(=O)(=O)C(F)(F)F)C(=O)O. The lowest BCUT2D eigenvalue weighted by molar-refractivity contribution is -0.142. The van der Waals surface area contributed by atoms with Gasteiger partial charge in [-0.2, -0.15) is 13.2 Å². The normalized spacial score (nSPS) is 15.4. The molecule has 1 atom stereocenters. The number of halogens is 3. The van der Waals surface area contributed by atoms with Crippen LogP contribution in [0.4, 0.5) is 13.2 Å². The minimum Gasteiger partial charge on any atom is -0.481 e. The molecule has 108 valence electrons. The highest BCUT2D eigenvalue weighted by Gasteiger charge is 2.46. The van der Waals surface area contributed by atoms with Gasteiger partial charge in [-0.05, 0) is 11.8 Å². The summed E-state index contributed by atoms with van der Waals surface area (Å²) in [4.78, 5) is 10.8. The molecule has 0 aromatic rings. The lowest BCUT2D eigenvalue weighted by Gasteiger charge is -2.23. The molecule has 9 heteroatoms. The molecule has 0 aliphatic heterocycles. The fraction of sp³-hybridized carbons (Fsp3) is 0.889. The van der Waals surface area contributed by atoms with Crippen molar-refractivity contribution in [1.82, 2.24) is 4.72 Å². The zero-order valence-electron chi connectivity index (χ0n) is 10.2. The predicted octanol–water partition coefficient (Wildman–Crippen LogP) is 1.56. The van der Waals surface area contributed by atoms with Crippen LogP contribution in [0, 0.1) is 11.3 Å². The third-order valence-corrected chi connectivity index (χ3v) is 3.19. The molecule has 0 aliphatic carbocycles. The summed E-state index contributed by atoms with van der Waals surface area (Å²) in [6, 6.07) is 0. The minimum atomic E-state index is -5.50. The second-order valence-corrected chi connectivity index (χ2v) is 6.86. The van der Waals surface area contributed by atoms with Gasteiger partial charge < -0.3 is 5.11 Å². The Hall–Kier alpha value is -0.830. The first-order valence-corrected chi connectivity index (χ1v) is 6.53. The molecule has 0 amide bonds. The summed E-state index contributed by atoms with van der Waals surface area (Å²) >= 11 is 0. The maximum absolute atomic E-state index is 12.0. The Morgan fingerprint density at radius 3 is 2.00 bits per heavy atom. The molecule has 0 aliphatic rings. The van der Waals surface area contributed by atoms with E-state index in [-0.39, 0.29) is 6.42 Å². The molecule has 18 heavy (non-hydrogen) atoms. The molecule has 0 aromatic heterocycles. The van der Waals surface area contributed by atoms with E-state index in [2.05, 4.69) is 0 Å². The van der Waals surface area contributed by atoms with Crippen LogP contribution in [0.15, 0.2) is 0 Å². The van der Waals surface area contributed by atoms with E-state index in [1.807, 2.05) is 0 Å². The molecule has 0 radical (unpaired) electrons. The van der Waals surface area contributed by atoms with E-state index in [1.54, 1.807) is 20.8 Å². The molecule has 0 heterocycles. The van der Waals surface area contributed by atoms with Crippen LogP contribution in [0.25, 0.3) is 0 Å². The molecule has 0 aromatic carbocycles. The van der Waals surface area contributed by atoms with Gasteiger partial charge in [0.05, 0.1) is 5.92 Å². The Morgan fingerprint density at radius 1 is 1.28 bits per heavy atom. The summed E-state index contributed by atoms with van der Waals surface area (Å²) in [6.07, 6.45) is 0.0582. The number of alkyl halides is 3. The molecule has 1 unspecified atom stereocenters. The second-order valence-electron chi connectivity index (χ2n) is 5.10. The average Bonchev–Trinajstić information content (AvgIpc) is 2.08. The van der Waals surface area contributed by atoms with Gasteiger partial charge in [-0.15, -0.1) is 0 Å². The number of rotatable bonds is 5. The number of carboxylic acids is 1. The number of hydrogen-bond acceptors (Lipinski definition) is 3. The molecule has 0 saturated carbocycles. The number of nitrogens with one attached hydrogen (secondary N) is 1. The van der Waals surface area contributed by atoms with Crippen LogP contribution in [-0.2, 0) is 14.8 Å². The Kier molecular flexibility index (Phi) is 5.18. The third-order valence-electron chi connectivity index (χ3n) is 2.03. The van der Waals surface area contributed by atoms with E-state index in [1.165, 1.54) is 4.72 Å². The van der Waals surface area contributed by atoms with Gasteiger partial charge in [0.2, 0.25) is 0 Å². The fourth-order valence-corrected chi connectivity index (χ4v) is 1.86. The summed E-state index contributed by atoms with van der Waals surface area (Å²) in [5, 5.41) is 8.82. The molecule has 0 fully saturated rings. The maximum atomic E-state index is 12.0. The largest absolute Gasteiger partial charge is 0.511 e. The van der Waals surface area contributed by atoms with E-state index in [9.17, 15) is 26.4 Å². The average molecular weight is 291 g/mol. The minimum absolute atomic E-state index is 0.0582. The van der Waals surface area contributed by atoms with Crippen LogP contribution in [0.3, 0.4) is 0 Å². The van der Waals surface area contributed by atoms with Gasteiger partial charge in [0, 0.05) is 6.54 Å². The summed E-state index contributed by atoms with van der Waals surface area (Å²) in [5.74, 6) is -2.54. The molecule has 0 rings (SSSR count). The topological polar surface area (TPSA) is 83.5 Å². The van der Waals surface area contributed by atoms with Crippen LogP contribution < -0.4 is 4.72 Å². The summed E-state index contributed by atoms with van der Waals surface area (Å²) in [6.45, 7) is 4.35. The Balaban J connectivity index is 4.71. The van der Waals surface area contributed by atoms with Crippen LogP contribution in [0.2, 0.25) is 0 Å². The van der Waals surface area contributed by atoms with Gasteiger partial charge in [0.1, 0.15) is 0 Å². The van der Waals surface area contributed by atoms with Crippen molar-refractivity contribution >= 4 is 16.0 Å². The van der Waals surface area contributed by atoms with Crippen LogP contribution >= 0.6 is 0 Å². The molecule has 0 bridgehead atoms. The van der Waals surface area contributed by atoms with Gasteiger partial charge >= 0.3 is 21.5 Å². The first kappa shape index (κ1) is 17.2. The van der Waals surface area contributed by atoms with Crippen molar-refractivity contribution < 1.29 is 31.5 Å². The Bertz CT molecular complexity index is 397. The molecule has 5 nitrogen and oxygen atoms in total. The first-order valence-electron chi connectivity index (χ1n) is 5.05. The zero-order valence-corrected chi connectivity index (χ0v) is 11.0. The van der Waals surface area contributed by atoms with E-state index in [0.29, 0.717) is 0 Å². The monoisotopic (exact) mass is 291 g/mol. The number of sulfonamides is 1. The van der Waals surface area contributed by atoms with E-state index in [4.69, 9.17) is 5.11 Å². The van der Waals surface area contributed by atoms with Crippen molar-refractivity contribution in [2.24, 2.45) is 11.3 Å². The summed E-state index contributed by atoms with van der Waals surface area (Å²) in [5.41, 5.74) is -5.87. The zero-order chi connectivity index (χ0) is 14.8. The van der Waals surface area contributed by atoms with Crippen LogP contribution in [-0.4, -0.2) is 31.5 Å². The predicted molar refractivity (Wildman–Crippen MR) is 58.2 cm³/mol. The number of hydrogen-bond donors (Lipinski definition) is 2. The number of aliphatic carboxylic acids is 1. The van der Waals surface area contributed by atoms with Gasteiger partial charge in [-0.25, -0.2) is 13.1 Å². The number of carboxylic acid groups (broad SMARTS) is 1. The van der Waals surface area contributed by atoms with Gasteiger partial charge in [0.15, 0.2) is 0 Å². The fourth-order valence-electron chi connectivity index (χ4n) is 1.28. The molecular weight excluding hydrogens is 275 g/mol. The molecule has 2 N–H and O–H groups in total. The van der Waals surface area contributed by atoms with Crippen molar-refractivity contribution in [3.05, 3.63) is 0 Å². The van der Waals surface area contributed by atoms with Crippen molar-refractivity contribution in [3.8, 4) is 0 Å². The lowest BCUT2D eigenvalue weighted by atomic mass is 9.85. The molecule has 0 saturated heterocycles. The van der Waals surface area contributed by atoms with E-state index in [0.717, 1.165) is 0 Å². The van der Waals surface area contributed by atoms with Gasteiger partial charge in [0.25, 0.3) is 0 Å². The van der Waals surface area contributed by atoms with Crippen molar-refractivity contribution in [3.63, 3.8) is 0 Å². The maximum Gasteiger partial charge on any atom is 0.511 e. The number of carbonyl (C=O) groups is 1. The highest BCUT2D eigenvalue weighted by molar-refractivity contribution is 7.90. The summed E-state index contributed by atoms with van der Waals surface area (Å²) < 4.78 is 58.8. The smallest absolute Gasteiger partial charge is 0.481 e. The van der Waals surface area contributed by atoms with Crippen molar-refractivity contribution in [2.45, 2.75) is 32.7 Å². The Morgan fingerprint density at radius 2 is 1.72 bits per heavy atom. The van der Waals surface area contributed by atoms with Gasteiger partial charge in [-0.3, -0.25) is 4.79 Å². The third kappa shape index (κ3) is 5.67. The van der Waals surface area contributed by atoms with Crippen molar-refractivity contribution in [2.75, 3.05) is 6.54 Å². The van der Waals surface area contributed by atoms with E-state index < -0.39 is 39.4 Å². The standard InChI is InChI=1S/C9H16F3NO4S/c1-8(2,3)4-6(7(14)15)5-13-18(16,17)9(10,11)12/h6,13H,4-5H2,1-3H3,(H,14,15). The highest BCUT2D eigenvalue weighted by Crippen LogP contribution is 2.26. The molecular formula is C9H16F3NO4S. The van der Waals surface area contributed by atoms with Crippen LogP contribution in [0.1, 0.15) is 27.2 Å². The van der Waals surface area contributed by atoms with Crippen LogP contribution in [0.5, 0.6) is 0 Å². The van der Waals surface area contributed by atoms with Gasteiger partial charge in [-0.1, -0.05) is 20.8 Å². The van der Waals surface area contributed by atoms with E-state index >= 15 is 0 Å². The Labute approximate surface area is 103 Å².